The third kappa shape index (κ3) is 3.60. The van der Waals surface area contributed by atoms with Gasteiger partial charge >= 0.3 is 0 Å². The average Bonchev–Trinajstić information content (AvgIpc) is 2.64. The Kier molecular flexibility index (Phi) is 4.30. The van der Waals surface area contributed by atoms with Crippen LogP contribution in [0.25, 0.3) is 0 Å². The van der Waals surface area contributed by atoms with E-state index in [1.54, 1.807) is 0 Å². The van der Waals surface area contributed by atoms with Crippen molar-refractivity contribution in [3.05, 3.63) is 35.4 Å². The summed E-state index contributed by atoms with van der Waals surface area (Å²) in [5.41, 5.74) is 0.123. The number of halogens is 2. The monoisotopic (exact) mass is 267 g/mol. The molecule has 2 nitrogen and oxygen atoms in total. The van der Waals surface area contributed by atoms with E-state index in [4.69, 9.17) is 0 Å². The molecule has 0 aliphatic carbocycles. The number of ketones is 1. The van der Waals surface area contributed by atoms with Crippen molar-refractivity contribution in [2.75, 3.05) is 19.6 Å². The van der Waals surface area contributed by atoms with Gasteiger partial charge in [-0.2, -0.15) is 0 Å². The van der Waals surface area contributed by atoms with Gasteiger partial charge in [0.05, 0.1) is 0 Å². The van der Waals surface area contributed by atoms with Crippen molar-refractivity contribution in [1.29, 1.82) is 0 Å². The lowest BCUT2D eigenvalue weighted by Crippen LogP contribution is -2.24. The fraction of sp³-hybridized carbons (Fsp3) is 0.533. The van der Waals surface area contributed by atoms with E-state index in [9.17, 15) is 13.6 Å². The van der Waals surface area contributed by atoms with Gasteiger partial charge in [-0.1, -0.05) is 13.8 Å². The van der Waals surface area contributed by atoms with Gasteiger partial charge in [0, 0.05) is 37.7 Å². The van der Waals surface area contributed by atoms with Crippen LogP contribution in [-0.2, 0) is 0 Å². The van der Waals surface area contributed by atoms with Crippen molar-refractivity contribution >= 4 is 5.78 Å². The van der Waals surface area contributed by atoms with E-state index < -0.39 is 11.6 Å². The van der Waals surface area contributed by atoms with Gasteiger partial charge in [0.15, 0.2) is 5.78 Å². The Labute approximate surface area is 112 Å². The van der Waals surface area contributed by atoms with Crippen molar-refractivity contribution in [2.24, 2.45) is 11.8 Å². The molecule has 1 aliphatic heterocycles. The normalized spacial score (nSPS) is 23.8. The fourth-order valence-corrected chi connectivity index (χ4v) is 2.55. The van der Waals surface area contributed by atoms with Gasteiger partial charge in [0.2, 0.25) is 0 Å². The molecule has 4 heteroatoms. The number of hydrogen-bond acceptors (Lipinski definition) is 2. The molecule has 104 valence electrons. The minimum absolute atomic E-state index is 0.123. The molecule has 0 aromatic heterocycles. The summed E-state index contributed by atoms with van der Waals surface area (Å²) >= 11 is 0. The molecule has 1 saturated heterocycles. The third-order valence-electron chi connectivity index (χ3n) is 3.90. The summed E-state index contributed by atoms with van der Waals surface area (Å²) in [5.74, 6) is -0.326. The van der Waals surface area contributed by atoms with Gasteiger partial charge in [-0.15, -0.1) is 0 Å². The summed E-state index contributed by atoms with van der Waals surface area (Å²) in [6, 6.07) is 2.97. The molecule has 1 aromatic carbocycles. The number of hydrogen-bond donors (Lipinski definition) is 0. The maximum Gasteiger partial charge on any atom is 0.164 e. The van der Waals surface area contributed by atoms with E-state index in [0.717, 1.165) is 31.3 Å². The van der Waals surface area contributed by atoms with Crippen LogP contribution in [0.4, 0.5) is 8.78 Å². The molecule has 0 radical (unpaired) electrons. The number of nitrogens with zero attached hydrogens (tertiary/aromatic N) is 1. The van der Waals surface area contributed by atoms with E-state index in [1.165, 1.54) is 0 Å². The number of carbonyl (C=O) groups is 1. The predicted octanol–water partition coefficient (Wildman–Crippen LogP) is 3.13. The molecule has 0 N–H and O–H groups in total. The fourth-order valence-electron chi connectivity index (χ4n) is 2.55. The Bertz CT molecular complexity index is 445. The zero-order valence-corrected chi connectivity index (χ0v) is 11.3. The van der Waals surface area contributed by atoms with Crippen molar-refractivity contribution in [3.63, 3.8) is 0 Å². The maximum atomic E-state index is 13.0. The highest BCUT2D eigenvalue weighted by Gasteiger charge is 2.26. The number of benzene rings is 1. The lowest BCUT2D eigenvalue weighted by molar-refractivity contribution is 0.0967. The molecule has 0 amide bonds. The highest BCUT2D eigenvalue weighted by molar-refractivity contribution is 5.96. The number of rotatable bonds is 4. The molecule has 19 heavy (non-hydrogen) atoms. The van der Waals surface area contributed by atoms with Crippen LogP contribution >= 0.6 is 0 Å². The molecular formula is C15H19F2NO. The van der Waals surface area contributed by atoms with E-state index in [2.05, 4.69) is 18.7 Å². The minimum atomic E-state index is -0.702. The van der Waals surface area contributed by atoms with E-state index in [0.29, 0.717) is 24.8 Å². The highest BCUT2D eigenvalue weighted by atomic mass is 19.1. The molecule has 2 unspecified atom stereocenters. The lowest BCUT2D eigenvalue weighted by atomic mass is 10.0. The van der Waals surface area contributed by atoms with Crippen molar-refractivity contribution in [1.82, 2.24) is 4.90 Å². The summed E-state index contributed by atoms with van der Waals surface area (Å²) < 4.78 is 26.1. The Morgan fingerprint density at radius 2 is 1.68 bits per heavy atom. The molecular weight excluding hydrogens is 248 g/mol. The summed E-state index contributed by atoms with van der Waals surface area (Å²) in [7, 11) is 0. The van der Waals surface area contributed by atoms with Gasteiger partial charge in [0.25, 0.3) is 0 Å². The Morgan fingerprint density at radius 1 is 1.16 bits per heavy atom. The Balaban J connectivity index is 1.91. The molecule has 1 aliphatic rings. The number of Topliss-reactive ketones (excluding diaryl/α,β-unsaturated/α-hetero) is 1. The van der Waals surface area contributed by atoms with Crippen LogP contribution in [0.5, 0.6) is 0 Å². The van der Waals surface area contributed by atoms with Crippen LogP contribution in [0, 0.1) is 23.5 Å². The van der Waals surface area contributed by atoms with Crippen molar-refractivity contribution in [3.8, 4) is 0 Å². The molecule has 2 atom stereocenters. The van der Waals surface area contributed by atoms with Crippen molar-refractivity contribution in [2.45, 2.75) is 20.3 Å². The smallest absolute Gasteiger partial charge is 0.164 e. The van der Waals surface area contributed by atoms with Crippen LogP contribution in [0.2, 0.25) is 0 Å². The topological polar surface area (TPSA) is 20.3 Å². The van der Waals surface area contributed by atoms with Crippen molar-refractivity contribution < 1.29 is 13.6 Å². The molecule has 0 bridgehead atoms. The van der Waals surface area contributed by atoms with Gasteiger partial charge < -0.3 is 4.90 Å². The van der Waals surface area contributed by atoms with Gasteiger partial charge in [-0.25, -0.2) is 8.78 Å². The van der Waals surface area contributed by atoms with E-state index in [1.807, 2.05) is 0 Å². The van der Waals surface area contributed by atoms with Gasteiger partial charge in [0.1, 0.15) is 11.6 Å². The molecule has 1 fully saturated rings. The predicted molar refractivity (Wildman–Crippen MR) is 70.1 cm³/mol. The van der Waals surface area contributed by atoms with E-state index in [-0.39, 0.29) is 11.3 Å². The standard InChI is InChI=1S/C15H19F2NO/c1-10-8-18(9-11(10)2)4-3-15(19)12-5-13(16)7-14(17)6-12/h5-7,10-11H,3-4,8-9H2,1-2H3. The summed E-state index contributed by atoms with van der Waals surface area (Å²) in [6.45, 7) is 7.05. The highest BCUT2D eigenvalue weighted by Crippen LogP contribution is 2.22. The zero-order valence-electron chi connectivity index (χ0n) is 11.3. The molecule has 0 spiro atoms. The molecule has 1 aromatic rings. The first-order chi connectivity index (χ1) is 8.95. The average molecular weight is 267 g/mol. The minimum Gasteiger partial charge on any atom is -0.302 e. The second-order valence-electron chi connectivity index (χ2n) is 5.55. The van der Waals surface area contributed by atoms with Crippen LogP contribution < -0.4 is 0 Å². The number of carbonyl (C=O) groups excluding carboxylic acids is 1. The second kappa shape index (κ2) is 5.78. The molecule has 2 rings (SSSR count). The van der Waals surface area contributed by atoms with Crippen LogP contribution in [0.3, 0.4) is 0 Å². The quantitative estimate of drug-likeness (QED) is 0.781. The van der Waals surface area contributed by atoms with E-state index >= 15 is 0 Å². The molecule has 0 saturated carbocycles. The summed E-state index contributed by atoms with van der Waals surface area (Å²) in [5, 5.41) is 0. The van der Waals surface area contributed by atoms with Gasteiger partial charge in [-0.05, 0) is 24.0 Å². The van der Waals surface area contributed by atoms with Gasteiger partial charge in [-0.3, -0.25) is 4.79 Å². The Morgan fingerprint density at radius 3 is 2.21 bits per heavy atom. The Hall–Kier alpha value is -1.29. The largest absolute Gasteiger partial charge is 0.302 e. The third-order valence-corrected chi connectivity index (χ3v) is 3.90. The summed E-state index contributed by atoms with van der Waals surface area (Å²) in [4.78, 5) is 14.1. The summed E-state index contributed by atoms with van der Waals surface area (Å²) in [6.07, 6.45) is 0.308. The first-order valence-corrected chi connectivity index (χ1v) is 6.67. The number of likely N-dealkylation sites (tertiary alicyclic amines) is 1. The second-order valence-corrected chi connectivity index (χ2v) is 5.55. The zero-order chi connectivity index (χ0) is 14.0. The first-order valence-electron chi connectivity index (χ1n) is 6.67. The lowest BCUT2D eigenvalue weighted by Gasteiger charge is -2.14. The van der Waals surface area contributed by atoms with Crippen LogP contribution in [0.15, 0.2) is 18.2 Å². The first kappa shape index (κ1) is 14.1. The van der Waals surface area contributed by atoms with Crippen LogP contribution in [0.1, 0.15) is 30.6 Å². The molecule has 1 heterocycles. The maximum absolute atomic E-state index is 13.0. The van der Waals surface area contributed by atoms with Crippen LogP contribution in [-0.4, -0.2) is 30.3 Å². The SMILES string of the molecule is CC1CN(CCC(=O)c2cc(F)cc(F)c2)CC1C.